The first-order valence-electron chi connectivity index (χ1n) is 6.58. The molecule has 0 aliphatic rings. The second-order valence-corrected chi connectivity index (χ2v) is 5.59. The van der Waals surface area contributed by atoms with Crippen molar-refractivity contribution in [3.05, 3.63) is 63.8 Å². The highest BCUT2D eigenvalue weighted by Gasteiger charge is 2.17. The maximum Gasteiger partial charge on any atom is 0.354 e. The van der Waals surface area contributed by atoms with E-state index < -0.39 is 5.97 Å². The standard InChI is InChI=1S/C16H12Cl2N2O2/c17-11-5-3-6-12(18)10(11)8-19-14-9-4-1-2-7-13(9)20-15(14)16(21)22/h1-7,19-20H,8H2,(H,21,22). The summed E-state index contributed by atoms with van der Waals surface area (Å²) in [4.78, 5) is 14.3. The lowest BCUT2D eigenvalue weighted by atomic mass is 10.2. The normalized spacial score (nSPS) is 10.8. The largest absolute Gasteiger partial charge is 0.477 e. The first-order chi connectivity index (χ1) is 10.6. The lowest BCUT2D eigenvalue weighted by Gasteiger charge is -2.10. The predicted octanol–water partition coefficient (Wildman–Crippen LogP) is 4.79. The zero-order valence-electron chi connectivity index (χ0n) is 11.4. The van der Waals surface area contributed by atoms with Crippen molar-refractivity contribution in [2.75, 3.05) is 5.32 Å². The van der Waals surface area contributed by atoms with E-state index in [2.05, 4.69) is 10.3 Å². The monoisotopic (exact) mass is 334 g/mol. The van der Waals surface area contributed by atoms with Gasteiger partial charge in [0.2, 0.25) is 0 Å². The van der Waals surface area contributed by atoms with Crippen molar-refractivity contribution in [3.63, 3.8) is 0 Å². The third kappa shape index (κ3) is 2.63. The van der Waals surface area contributed by atoms with Crippen LogP contribution in [0.5, 0.6) is 0 Å². The predicted molar refractivity (Wildman–Crippen MR) is 89.0 cm³/mol. The second-order valence-electron chi connectivity index (χ2n) is 4.78. The molecule has 0 unspecified atom stereocenters. The molecule has 0 atom stereocenters. The van der Waals surface area contributed by atoms with E-state index in [9.17, 15) is 9.90 Å². The van der Waals surface area contributed by atoms with Gasteiger partial charge in [0.1, 0.15) is 5.69 Å². The summed E-state index contributed by atoms with van der Waals surface area (Å²) < 4.78 is 0. The van der Waals surface area contributed by atoms with Gasteiger partial charge in [0.25, 0.3) is 0 Å². The highest BCUT2D eigenvalue weighted by molar-refractivity contribution is 6.36. The molecule has 0 aliphatic heterocycles. The summed E-state index contributed by atoms with van der Waals surface area (Å²) in [7, 11) is 0. The van der Waals surface area contributed by atoms with Crippen molar-refractivity contribution in [1.82, 2.24) is 4.98 Å². The van der Waals surface area contributed by atoms with Crippen LogP contribution < -0.4 is 5.32 Å². The van der Waals surface area contributed by atoms with E-state index in [1.807, 2.05) is 24.3 Å². The number of aromatic carboxylic acids is 1. The van der Waals surface area contributed by atoms with Crippen LogP contribution in [0.15, 0.2) is 42.5 Å². The number of rotatable bonds is 4. The van der Waals surface area contributed by atoms with Crippen LogP contribution >= 0.6 is 23.2 Å². The molecule has 4 nitrogen and oxygen atoms in total. The van der Waals surface area contributed by atoms with E-state index in [0.29, 0.717) is 22.3 Å². The van der Waals surface area contributed by atoms with E-state index in [1.165, 1.54) is 0 Å². The Morgan fingerprint density at radius 2 is 1.77 bits per heavy atom. The molecule has 3 aromatic rings. The van der Waals surface area contributed by atoms with Gasteiger partial charge in [0.15, 0.2) is 0 Å². The number of carboxylic acid groups (broad SMARTS) is 1. The van der Waals surface area contributed by atoms with Crippen molar-refractivity contribution < 1.29 is 9.90 Å². The fraction of sp³-hybridized carbons (Fsp3) is 0.0625. The van der Waals surface area contributed by atoms with Crippen LogP contribution in [0.25, 0.3) is 10.9 Å². The average Bonchev–Trinajstić information content (AvgIpc) is 2.86. The van der Waals surface area contributed by atoms with Gasteiger partial charge in [-0.2, -0.15) is 0 Å². The highest BCUT2D eigenvalue weighted by atomic mass is 35.5. The Hall–Kier alpha value is -2.17. The number of fused-ring (bicyclic) bond motifs is 1. The van der Waals surface area contributed by atoms with Crippen molar-refractivity contribution >= 4 is 45.8 Å². The fourth-order valence-corrected chi connectivity index (χ4v) is 2.90. The van der Waals surface area contributed by atoms with Gasteiger partial charge in [-0.25, -0.2) is 4.79 Å². The molecule has 22 heavy (non-hydrogen) atoms. The summed E-state index contributed by atoms with van der Waals surface area (Å²) in [5.41, 5.74) is 2.13. The van der Waals surface area contributed by atoms with Gasteiger partial charge in [0.05, 0.1) is 5.69 Å². The Morgan fingerprint density at radius 1 is 1.09 bits per heavy atom. The smallest absolute Gasteiger partial charge is 0.354 e. The Balaban J connectivity index is 2.00. The molecule has 0 saturated carbocycles. The number of benzene rings is 2. The van der Waals surface area contributed by atoms with Gasteiger partial charge >= 0.3 is 5.97 Å². The molecule has 3 rings (SSSR count). The van der Waals surface area contributed by atoms with Crippen molar-refractivity contribution in [2.24, 2.45) is 0 Å². The van der Waals surface area contributed by atoms with Gasteiger partial charge in [-0.15, -0.1) is 0 Å². The number of hydrogen-bond acceptors (Lipinski definition) is 2. The minimum atomic E-state index is -1.02. The van der Waals surface area contributed by atoms with Crippen LogP contribution in [0.1, 0.15) is 16.1 Å². The van der Waals surface area contributed by atoms with E-state index in [4.69, 9.17) is 23.2 Å². The first-order valence-corrected chi connectivity index (χ1v) is 7.34. The molecule has 1 heterocycles. The number of carboxylic acids is 1. The zero-order chi connectivity index (χ0) is 15.7. The van der Waals surface area contributed by atoms with Crippen LogP contribution in [0.4, 0.5) is 5.69 Å². The summed E-state index contributed by atoms with van der Waals surface area (Å²) in [6.07, 6.45) is 0. The number of aromatic nitrogens is 1. The van der Waals surface area contributed by atoms with E-state index in [0.717, 1.165) is 16.5 Å². The number of nitrogens with one attached hydrogen (secondary N) is 2. The van der Waals surface area contributed by atoms with Crippen molar-refractivity contribution in [2.45, 2.75) is 6.54 Å². The molecule has 0 amide bonds. The summed E-state index contributed by atoms with van der Waals surface area (Å²) in [5.74, 6) is -1.02. The maximum absolute atomic E-state index is 11.4. The number of anilines is 1. The van der Waals surface area contributed by atoms with Crippen LogP contribution in [0, 0.1) is 0 Å². The number of hydrogen-bond donors (Lipinski definition) is 3. The Bertz CT molecular complexity index is 838. The van der Waals surface area contributed by atoms with Gasteiger partial charge in [-0.1, -0.05) is 47.5 Å². The molecular weight excluding hydrogens is 323 g/mol. The molecule has 0 fully saturated rings. The minimum absolute atomic E-state index is 0.115. The molecule has 0 radical (unpaired) electrons. The summed E-state index contributed by atoms with van der Waals surface area (Å²) in [6.45, 7) is 0.334. The molecule has 112 valence electrons. The SMILES string of the molecule is O=C(O)c1[nH]c2ccccc2c1NCc1c(Cl)cccc1Cl. The molecule has 0 saturated heterocycles. The summed E-state index contributed by atoms with van der Waals surface area (Å²) in [6, 6.07) is 12.6. The van der Waals surface area contributed by atoms with Gasteiger partial charge in [-0.3, -0.25) is 0 Å². The lowest BCUT2D eigenvalue weighted by molar-refractivity contribution is 0.0692. The molecule has 1 aromatic heterocycles. The minimum Gasteiger partial charge on any atom is -0.477 e. The fourth-order valence-electron chi connectivity index (χ4n) is 2.36. The average molecular weight is 335 g/mol. The van der Waals surface area contributed by atoms with Crippen LogP contribution in [-0.2, 0) is 6.54 Å². The first kappa shape index (κ1) is 14.8. The van der Waals surface area contributed by atoms with Crippen LogP contribution in [-0.4, -0.2) is 16.1 Å². The highest BCUT2D eigenvalue weighted by Crippen LogP contribution is 2.30. The molecular formula is C16H12Cl2N2O2. The van der Waals surface area contributed by atoms with Crippen LogP contribution in [0.2, 0.25) is 10.0 Å². The molecule has 0 spiro atoms. The van der Waals surface area contributed by atoms with Gasteiger partial charge in [-0.05, 0) is 18.2 Å². The van der Waals surface area contributed by atoms with E-state index in [1.54, 1.807) is 18.2 Å². The Morgan fingerprint density at radius 3 is 2.45 bits per heavy atom. The number of halogens is 2. The summed E-state index contributed by atoms with van der Waals surface area (Å²) in [5, 5.41) is 14.4. The number of para-hydroxylation sites is 1. The lowest BCUT2D eigenvalue weighted by Crippen LogP contribution is -2.06. The second kappa shape index (κ2) is 5.91. The quantitative estimate of drug-likeness (QED) is 0.642. The molecule has 6 heteroatoms. The van der Waals surface area contributed by atoms with Gasteiger partial charge in [0, 0.05) is 33.1 Å². The molecule has 2 aromatic carbocycles. The van der Waals surface area contributed by atoms with E-state index in [-0.39, 0.29) is 5.69 Å². The zero-order valence-corrected chi connectivity index (χ0v) is 12.9. The third-order valence-electron chi connectivity index (χ3n) is 3.42. The number of carbonyl (C=O) groups is 1. The molecule has 3 N–H and O–H groups in total. The van der Waals surface area contributed by atoms with Crippen molar-refractivity contribution in [1.29, 1.82) is 0 Å². The summed E-state index contributed by atoms with van der Waals surface area (Å²) >= 11 is 12.3. The van der Waals surface area contributed by atoms with Crippen LogP contribution in [0.3, 0.4) is 0 Å². The van der Waals surface area contributed by atoms with Gasteiger partial charge < -0.3 is 15.4 Å². The van der Waals surface area contributed by atoms with E-state index >= 15 is 0 Å². The number of aromatic amines is 1. The third-order valence-corrected chi connectivity index (χ3v) is 4.13. The maximum atomic E-state index is 11.4. The number of H-pyrrole nitrogens is 1. The Labute approximate surface area is 136 Å². The van der Waals surface area contributed by atoms with Crippen molar-refractivity contribution in [3.8, 4) is 0 Å². The Kier molecular flexibility index (Phi) is 3.96. The molecule has 0 bridgehead atoms. The topological polar surface area (TPSA) is 65.1 Å². The molecule has 0 aliphatic carbocycles.